The zero-order chi connectivity index (χ0) is 12.3. The third-order valence-corrected chi connectivity index (χ3v) is 6.01. The second-order valence-corrected chi connectivity index (χ2v) is 7.51. The van der Waals surface area contributed by atoms with Gasteiger partial charge in [-0.3, -0.25) is 0 Å². The Bertz CT molecular complexity index is 368. The Hall–Kier alpha value is -0.300. The summed E-state index contributed by atoms with van der Waals surface area (Å²) in [6.45, 7) is 10.6. The molecule has 0 aromatic heterocycles. The van der Waals surface area contributed by atoms with Crippen LogP contribution in [0.15, 0.2) is 11.6 Å². The molecule has 0 N–H and O–H groups in total. The molecule has 1 aliphatic heterocycles. The van der Waals surface area contributed by atoms with Crippen LogP contribution in [-0.4, -0.2) is 12.2 Å². The van der Waals surface area contributed by atoms with Gasteiger partial charge >= 0.3 is 0 Å². The van der Waals surface area contributed by atoms with E-state index in [1.54, 1.807) is 5.57 Å². The minimum atomic E-state index is 0.0681. The third-order valence-electron chi connectivity index (χ3n) is 6.01. The molecule has 0 aromatic carbocycles. The lowest BCUT2D eigenvalue weighted by atomic mass is 9.48. The van der Waals surface area contributed by atoms with Gasteiger partial charge in [-0.15, -0.1) is 0 Å². The third kappa shape index (κ3) is 1.47. The van der Waals surface area contributed by atoms with Gasteiger partial charge in [-0.25, -0.2) is 0 Å². The summed E-state index contributed by atoms with van der Waals surface area (Å²) in [5.41, 5.74) is 2.62. The first-order valence-electron chi connectivity index (χ1n) is 7.24. The minimum Gasteiger partial charge on any atom is -0.367 e. The molecule has 1 heteroatoms. The molecule has 17 heavy (non-hydrogen) atoms. The molecule has 1 nitrogen and oxygen atoms in total. The maximum Gasteiger partial charge on any atom is 0.0874 e. The van der Waals surface area contributed by atoms with E-state index in [2.05, 4.69) is 33.8 Å². The molecular formula is C16H26O. The predicted molar refractivity (Wildman–Crippen MR) is 70.9 cm³/mol. The van der Waals surface area contributed by atoms with E-state index in [-0.39, 0.29) is 5.60 Å². The zero-order valence-corrected chi connectivity index (χ0v) is 11.8. The Morgan fingerprint density at radius 1 is 1.12 bits per heavy atom. The van der Waals surface area contributed by atoms with Crippen molar-refractivity contribution in [2.24, 2.45) is 16.7 Å². The maximum atomic E-state index is 6.03. The highest BCUT2D eigenvalue weighted by atomic mass is 16.5. The monoisotopic (exact) mass is 234 g/mol. The summed E-state index contributed by atoms with van der Waals surface area (Å²) in [7, 11) is 0. The SMILES string of the molecule is CC1(C)CCC[C@]2(C)C3=CCO[C@]3(C)CC[C@@H]12. The van der Waals surface area contributed by atoms with Gasteiger partial charge < -0.3 is 4.74 Å². The molecule has 0 aromatic rings. The smallest absolute Gasteiger partial charge is 0.0874 e. The van der Waals surface area contributed by atoms with E-state index < -0.39 is 0 Å². The molecule has 2 saturated carbocycles. The molecular weight excluding hydrogens is 208 g/mol. The Kier molecular flexibility index (Phi) is 2.34. The lowest BCUT2D eigenvalue weighted by molar-refractivity contribution is -0.0709. The van der Waals surface area contributed by atoms with Crippen molar-refractivity contribution in [1.82, 2.24) is 0 Å². The molecule has 0 spiro atoms. The van der Waals surface area contributed by atoms with E-state index in [0.717, 1.165) is 12.5 Å². The van der Waals surface area contributed by atoms with Crippen LogP contribution in [-0.2, 0) is 4.74 Å². The van der Waals surface area contributed by atoms with Crippen molar-refractivity contribution < 1.29 is 4.74 Å². The van der Waals surface area contributed by atoms with Gasteiger partial charge in [0.05, 0.1) is 12.2 Å². The van der Waals surface area contributed by atoms with Crippen LogP contribution in [0.25, 0.3) is 0 Å². The van der Waals surface area contributed by atoms with E-state index in [0.29, 0.717) is 10.8 Å². The summed E-state index contributed by atoms with van der Waals surface area (Å²) >= 11 is 0. The molecule has 96 valence electrons. The maximum absolute atomic E-state index is 6.03. The van der Waals surface area contributed by atoms with Gasteiger partial charge in [0, 0.05) is 0 Å². The molecule has 0 unspecified atom stereocenters. The van der Waals surface area contributed by atoms with Crippen LogP contribution in [0.1, 0.15) is 59.8 Å². The standard InChI is InChI=1S/C16H26O/c1-14(2)8-5-9-15(3)12(14)6-10-16(4)13(15)7-11-17-16/h7,12H,5-6,8-11H2,1-4H3/t12-,15-,16+/m0/s1. The molecule has 0 radical (unpaired) electrons. The Morgan fingerprint density at radius 3 is 2.65 bits per heavy atom. The number of hydrogen-bond acceptors (Lipinski definition) is 1. The van der Waals surface area contributed by atoms with Crippen molar-refractivity contribution in [1.29, 1.82) is 0 Å². The Labute approximate surface area is 106 Å². The lowest BCUT2D eigenvalue weighted by Crippen LogP contribution is -2.52. The summed E-state index contributed by atoms with van der Waals surface area (Å²) in [4.78, 5) is 0. The molecule has 2 aliphatic carbocycles. The first-order valence-corrected chi connectivity index (χ1v) is 7.24. The quantitative estimate of drug-likeness (QED) is 0.567. The summed E-state index contributed by atoms with van der Waals surface area (Å²) < 4.78 is 6.03. The molecule has 1 heterocycles. The fourth-order valence-electron chi connectivity index (χ4n) is 5.22. The summed E-state index contributed by atoms with van der Waals surface area (Å²) in [5, 5.41) is 0. The molecule has 3 aliphatic rings. The van der Waals surface area contributed by atoms with Gasteiger partial charge in [0.25, 0.3) is 0 Å². The minimum absolute atomic E-state index is 0.0681. The topological polar surface area (TPSA) is 9.23 Å². The van der Waals surface area contributed by atoms with Crippen LogP contribution in [0.2, 0.25) is 0 Å². The van der Waals surface area contributed by atoms with Crippen LogP contribution in [0, 0.1) is 16.7 Å². The van der Waals surface area contributed by atoms with Gasteiger partial charge in [0.2, 0.25) is 0 Å². The number of fused-ring (bicyclic) bond motifs is 3. The zero-order valence-electron chi connectivity index (χ0n) is 11.8. The number of rotatable bonds is 0. The van der Waals surface area contributed by atoms with Gasteiger partial charge in [-0.2, -0.15) is 0 Å². The highest BCUT2D eigenvalue weighted by Gasteiger charge is 2.56. The first-order chi connectivity index (χ1) is 7.89. The van der Waals surface area contributed by atoms with Crippen molar-refractivity contribution in [2.75, 3.05) is 6.61 Å². The van der Waals surface area contributed by atoms with Crippen molar-refractivity contribution in [3.8, 4) is 0 Å². The van der Waals surface area contributed by atoms with Crippen LogP contribution in [0.5, 0.6) is 0 Å². The fraction of sp³-hybridized carbons (Fsp3) is 0.875. The molecule has 3 rings (SSSR count). The Balaban J connectivity index is 2.04. The van der Waals surface area contributed by atoms with Gasteiger partial charge in [0.1, 0.15) is 0 Å². The molecule has 0 bridgehead atoms. The van der Waals surface area contributed by atoms with E-state index in [1.807, 2.05) is 0 Å². The van der Waals surface area contributed by atoms with E-state index >= 15 is 0 Å². The number of ether oxygens (including phenoxy) is 1. The molecule has 0 saturated heterocycles. The number of hydrogen-bond donors (Lipinski definition) is 0. The largest absolute Gasteiger partial charge is 0.367 e. The normalized spacial score (nSPS) is 48.2. The van der Waals surface area contributed by atoms with Gasteiger partial charge in [-0.05, 0) is 54.9 Å². The summed E-state index contributed by atoms with van der Waals surface area (Å²) in [5.74, 6) is 0.852. The summed E-state index contributed by atoms with van der Waals surface area (Å²) in [6, 6.07) is 0. The molecule has 2 fully saturated rings. The fourth-order valence-corrected chi connectivity index (χ4v) is 5.22. The first kappa shape index (κ1) is 11.8. The predicted octanol–water partition coefficient (Wildman–Crippen LogP) is 4.33. The average molecular weight is 234 g/mol. The van der Waals surface area contributed by atoms with E-state index in [9.17, 15) is 0 Å². The summed E-state index contributed by atoms with van der Waals surface area (Å²) in [6.07, 6.45) is 9.12. The average Bonchev–Trinajstić information content (AvgIpc) is 2.60. The van der Waals surface area contributed by atoms with Gasteiger partial charge in [0.15, 0.2) is 0 Å². The second kappa shape index (κ2) is 3.38. The van der Waals surface area contributed by atoms with E-state index in [4.69, 9.17) is 4.74 Å². The van der Waals surface area contributed by atoms with Crippen molar-refractivity contribution >= 4 is 0 Å². The van der Waals surface area contributed by atoms with Crippen molar-refractivity contribution in [3.63, 3.8) is 0 Å². The second-order valence-electron chi connectivity index (χ2n) is 7.51. The van der Waals surface area contributed by atoms with Crippen LogP contribution in [0.4, 0.5) is 0 Å². The molecule has 0 amide bonds. The van der Waals surface area contributed by atoms with Crippen molar-refractivity contribution in [2.45, 2.75) is 65.4 Å². The van der Waals surface area contributed by atoms with Crippen molar-refractivity contribution in [3.05, 3.63) is 11.6 Å². The van der Waals surface area contributed by atoms with Crippen LogP contribution < -0.4 is 0 Å². The van der Waals surface area contributed by atoms with E-state index in [1.165, 1.54) is 32.1 Å². The van der Waals surface area contributed by atoms with Gasteiger partial charge in [-0.1, -0.05) is 33.3 Å². The van der Waals surface area contributed by atoms with Crippen LogP contribution >= 0.6 is 0 Å². The highest BCUT2D eigenvalue weighted by molar-refractivity contribution is 5.32. The highest BCUT2D eigenvalue weighted by Crippen LogP contribution is 2.63. The lowest BCUT2D eigenvalue weighted by Gasteiger charge is -2.58. The Morgan fingerprint density at radius 2 is 1.88 bits per heavy atom. The van der Waals surface area contributed by atoms with Crippen LogP contribution in [0.3, 0.4) is 0 Å². The molecule has 3 atom stereocenters.